The molecule has 2 fully saturated rings. The maximum absolute atomic E-state index is 4.80. The van der Waals surface area contributed by atoms with Crippen LogP contribution in [0.4, 0.5) is 0 Å². The van der Waals surface area contributed by atoms with E-state index in [0.717, 1.165) is 26.2 Å². The first-order chi connectivity index (χ1) is 8.61. The first-order valence-electron chi connectivity index (χ1n) is 5.70. The van der Waals surface area contributed by atoms with Crippen molar-refractivity contribution in [1.82, 2.24) is 9.80 Å². The molecule has 2 aliphatic heterocycles. The van der Waals surface area contributed by atoms with Crippen LogP contribution in [0.2, 0.25) is 0 Å². The van der Waals surface area contributed by atoms with Crippen LogP contribution in [0, 0.1) is 0 Å². The maximum atomic E-state index is 4.80. The quantitative estimate of drug-likeness (QED) is 0.200. The first kappa shape index (κ1) is 19.8. The van der Waals surface area contributed by atoms with Crippen molar-refractivity contribution < 1.29 is 0 Å². The van der Waals surface area contributed by atoms with E-state index in [1.54, 1.807) is 19.0 Å². The molecule has 0 saturated carbocycles. The summed E-state index contributed by atoms with van der Waals surface area (Å²) in [5.74, 6) is 0. The fraction of sp³-hybridized carbons (Fsp3) is 0.800. The number of thiocarbonyl (C=S) groups is 2. The van der Waals surface area contributed by atoms with Crippen LogP contribution in [-0.4, -0.2) is 63.6 Å². The van der Waals surface area contributed by atoms with Crippen LogP contribution in [-0.2, 0) is 25.3 Å². The molecule has 0 unspecified atom stereocenters. The van der Waals surface area contributed by atoms with Gasteiger partial charge < -0.3 is 59.5 Å². The molecule has 2 radical (unpaired) electrons. The van der Waals surface area contributed by atoms with Crippen LogP contribution in [0.3, 0.4) is 0 Å². The standard InChI is InChI=1S/2C5H9NS2.HI.Sb/c2*7-5(8)6-3-1-2-4-6;;/h2*1-4H2,(H,7,8);1H;/q;;;+1/p-3. The molecule has 2 heterocycles. The van der Waals surface area contributed by atoms with Crippen molar-refractivity contribution in [3.8, 4) is 0 Å². The molecule has 2 nitrogen and oxygen atoms in total. The van der Waals surface area contributed by atoms with E-state index in [4.69, 9.17) is 49.7 Å². The molecule has 0 N–H and O–H groups in total. The van der Waals surface area contributed by atoms with Gasteiger partial charge in [0.15, 0.2) is 0 Å². The van der Waals surface area contributed by atoms with Crippen molar-refractivity contribution in [2.75, 3.05) is 26.2 Å². The monoisotopic (exact) mass is 540 g/mol. The summed E-state index contributed by atoms with van der Waals surface area (Å²) in [5, 5.41) is 0. The fourth-order valence-corrected chi connectivity index (χ4v) is 2.53. The predicted octanol–water partition coefficient (Wildman–Crippen LogP) is 2.33. The molecule has 0 spiro atoms. The Hall–Kier alpha value is 1.77. The Balaban J connectivity index is 0.000000283. The van der Waals surface area contributed by atoms with Gasteiger partial charge in [-0.3, -0.25) is 0 Å². The second-order valence-corrected chi connectivity index (χ2v) is 5.98. The third-order valence-corrected chi connectivity index (χ3v) is 3.76. The third kappa shape index (κ3) is 8.84. The molecule has 0 aromatic heterocycles. The van der Waals surface area contributed by atoms with E-state index in [9.17, 15) is 0 Å². The van der Waals surface area contributed by atoms with Gasteiger partial charge in [0, 0.05) is 26.2 Å². The van der Waals surface area contributed by atoms with E-state index in [1.165, 1.54) is 25.7 Å². The summed E-state index contributed by atoms with van der Waals surface area (Å²) in [7, 11) is 0. The molecule has 2 aliphatic rings. The van der Waals surface area contributed by atoms with Crippen LogP contribution in [0.15, 0.2) is 0 Å². The normalized spacial score (nSPS) is 17.4. The van der Waals surface area contributed by atoms with Crippen molar-refractivity contribution in [3.63, 3.8) is 0 Å². The van der Waals surface area contributed by atoms with E-state index in [-0.39, 0.29) is 0 Å². The van der Waals surface area contributed by atoms with Crippen LogP contribution < -0.4 is 0 Å². The van der Waals surface area contributed by atoms with E-state index < -0.39 is 0 Å². The average Bonchev–Trinajstić information content (AvgIpc) is 3.06. The number of hydrogen-bond donors (Lipinski definition) is 0. The molecule has 0 bridgehead atoms. The number of nitrogens with zero attached hydrogens (tertiary/aromatic N) is 2. The molecule has 2 rings (SSSR count). The average molecular weight is 541 g/mol. The van der Waals surface area contributed by atoms with E-state index in [2.05, 4.69) is 28.3 Å². The molecule has 2 saturated heterocycles. The van der Waals surface area contributed by atoms with Gasteiger partial charge in [-0.1, -0.05) is 8.64 Å². The van der Waals surface area contributed by atoms with Gasteiger partial charge in [-0.2, -0.15) is 0 Å². The topological polar surface area (TPSA) is 6.48 Å². The zero-order valence-electron chi connectivity index (χ0n) is 10.0. The van der Waals surface area contributed by atoms with E-state index in [1.807, 2.05) is 0 Å². The van der Waals surface area contributed by atoms with Gasteiger partial charge in [-0.05, 0) is 25.7 Å². The fourth-order valence-electron chi connectivity index (χ4n) is 1.80. The van der Waals surface area contributed by atoms with Crippen LogP contribution in [0.25, 0.3) is 0 Å². The van der Waals surface area contributed by atoms with Gasteiger partial charge in [0.25, 0.3) is 0 Å². The van der Waals surface area contributed by atoms with Gasteiger partial charge in [0.2, 0.25) is 0 Å². The van der Waals surface area contributed by atoms with Crippen LogP contribution >= 0.6 is 42.9 Å². The molecule has 0 amide bonds. The molecular formula is C10H16IN2S4Sb-2. The summed E-state index contributed by atoms with van der Waals surface area (Å²) in [5.41, 5.74) is 0. The molecule has 0 aliphatic carbocycles. The molecule has 0 aromatic carbocycles. The summed E-state index contributed by atoms with van der Waals surface area (Å²) >= 11 is 23.1. The summed E-state index contributed by atoms with van der Waals surface area (Å²) in [4.78, 5) is 4.15. The van der Waals surface area contributed by atoms with E-state index >= 15 is 0 Å². The van der Waals surface area contributed by atoms with Gasteiger partial charge in [0.1, 0.15) is 0 Å². The van der Waals surface area contributed by atoms with Crippen molar-refractivity contribution in [1.29, 1.82) is 0 Å². The second-order valence-electron chi connectivity index (χ2n) is 3.92. The van der Waals surface area contributed by atoms with Gasteiger partial charge in [-0.25, -0.2) is 0 Å². The van der Waals surface area contributed by atoms with Gasteiger partial charge >= 0.3 is 37.5 Å². The Morgan fingerprint density at radius 1 is 0.778 bits per heavy atom. The Morgan fingerprint density at radius 2 is 1.00 bits per heavy atom. The third-order valence-electron chi connectivity index (χ3n) is 2.73. The summed E-state index contributed by atoms with van der Waals surface area (Å²) in [6.45, 7) is 4.34. The van der Waals surface area contributed by atoms with Crippen molar-refractivity contribution in [3.05, 3.63) is 0 Å². The zero-order valence-corrected chi connectivity index (χ0v) is 18.0. The number of rotatable bonds is 0. The van der Waals surface area contributed by atoms with Gasteiger partial charge in [0.05, 0.1) is 0 Å². The molecule has 0 atom stereocenters. The molecule has 8 heteroatoms. The SMILES string of the molecule is S=C([S-])N1CCCC1.S=C([S-])N1CCCC1.[Sb][I]. The zero-order chi connectivity index (χ0) is 14.0. The molecular weight excluding hydrogens is 525 g/mol. The first-order valence-corrected chi connectivity index (χ1v) is 14.8. The second kappa shape index (κ2) is 12.5. The van der Waals surface area contributed by atoms with Crippen LogP contribution in [0.1, 0.15) is 25.7 Å². The van der Waals surface area contributed by atoms with Crippen molar-refractivity contribution in [2.24, 2.45) is 0 Å². The molecule has 0 aromatic rings. The predicted molar refractivity (Wildman–Crippen MR) is 101 cm³/mol. The van der Waals surface area contributed by atoms with Crippen molar-refractivity contribution in [2.45, 2.75) is 25.7 Å². The summed E-state index contributed by atoms with van der Waals surface area (Å²) < 4.78 is 1.28. The van der Waals surface area contributed by atoms with E-state index in [0.29, 0.717) is 8.64 Å². The Labute approximate surface area is 155 Å². The minimum absolute atomic E-state index is 0.641. The number of likely N-dealkylation sites (tertiary alicyclic amines) is 2. The van der Waals surface area contributed by atoms with Crippen molar-refractivity contribution >= 4 is 95.8 Å². The number of halogens is 1. The Kier molecular flexibility index (Phi) is 13.7. The molecule has 104 valence electrons. The molecule has 18 heavy (non-hydrogen) atoms. The number of hydrogen-bond acceptors (Lipinski definition) is 4. The minimum atomic E-state index is 0.641. The summed E-state index contributed by atoms with van der Waals surface area (Å²) in [6, 6.07) is 0. The van der Waals surface area contributed by atoms with Gasteiger partial charge in [-0.15, -0.1) is 0 Å². The Morgan fingerprint density at radius 3 is 1.11 bits per heavy atom. The summed E-state index contributed by atoms with van der Waals surface area (Å²) in [6.07, 6.45) is 5.04. The van der Waals surface area contributed by atoms with Crippen LogP contribution in [0.5, 0.6) is 0 Å². The Bertz CT molecular complexity index is 230.